The lowest BCUT2D eigenvalue weighted by Gasteiger charge is -2.19. The summed E-state index contributed by atoms with van der Waals surface area (Å²) in [5.41, 5.74) is 10.0. The number of nitrogens with one attached hydrogen (secondary N) is 1. The Morgan fingerprint density at radius 1 is 1.42 bits per heavy atom. The van der Waals surface area contributed by atoms with Crippen molar-refractivity contribution < 1.29 is 0 Å². The van der Waals surface area contributed by atoms with Gasteiger partial charge in [0.15, 0.2) is 0 Å². The van der Waals surface area contributed by atoms with Gasteiger partial charge in [-0.3, -0.25) is 5.41 Å². The summed E-state index contributed by atoms with van der Waals surface area (Å²) in [6, 6.07) is 3.66. The van der Waals surface area contributed by atoms with Crippen molar-refractivity contribution in [3.63, 3.8) is 0 Å². The summed E-state index contributed by atoms with van der Waals surface area (Å²) in [6.45, 7) is 4.66. The molecule has 100 valence electrons. The summed E-state index contributed by atoms with van der Waals surface area (Å²) in [7, 11) is 1.98. The van der Waals surface area contributed by atoms with E-state index >= 15 is 0 Å². The van der Waals surface area contributed by atoms with Gasteiger partial charge in [0.25, 0.3) is 0 Å². The molecule has 0 aliphatic rings. The second kappa shape index (κ2) is 5.36. The third-order valence-electron chi connectivity index (χ3n) is 2.87. The average Bonchev–Trinajstić information content (AvgIpc) is 2.74. The molecular formula is C13H17N5S. The fourth-order valence-corrected chi connectivity index (χ4v) is 2.61. The molecule has 0 amide bonds. The van der Waals surface area contributed by atoms with E-state index in [1.807, 2.05) is 43.4 Å². The number of nitrogens with two attached hydrogens (primary N) is 1. The fourth-order valence-electron chi connectivity index (χ4n) is 1.78. The molecule has 0 saturated heterocycles. The van der Waals surface area contributed by atoms with Crippen molar-refractivity contribution >= 4 is 23.0 Å². The molecule has 2 heterocycles. The van der Waals surface area contributed by atoms with Crippen LogP contribution in [0.25, 0.3) is 0 Å². The first-order valence-electron chi connectivity index (χ1n) is 5.90. The minimum Gasteiger partial charge on any atom is -0.384 e. The number of anilines is 1. The second-order valence-electron chi connectivity index (χ2n) is 4.49. The maximum atomic E-state index is 7.52. The molecule has 0 aromatic carbocycles. The Bertz CT molecular complexity index is 605. The Kier molecular flexibility index (Phi) is 3.80. The molecule has 0 spiro atoms. The second-order valence-corrected chi connectivity index (χ2v) is 5.43. The Morgan fingerprint density at radius 3 is 2.74 bits per heavy atom. The number of aryl methyl sites for hydroxylation is 2. The highest BCUT2D eigenvalue weighted by atomic mass is 32.1. The van der Waals surface area contributed by atoms with Crippen molar-refractivity contribution in [2.45, 2.75) is 20.4 Å². The Balaban J connectivity index is 2.26. The van der Waals surface area contributed by atoms with Gasteiger partial charge in [0.1, 0.15) is 11.7 Å². The highest BCUT2D eigenvalue weighted by Crippen LogP contribution is 2.19. The van der Waals surface area contributed by atoms with Gasteiger partial charge in [-0.2, -0.15) is 0 Å². The largest absolute Gasteiger partial charge is 0.384 e. The number of pyridine rings is 1. The van der Waals surface area contributed by atoms with E-state index in [0.29, 0.717) is 5.56 Å². The van der Waals surface area contributed by atoms with Crippen molar-refractivity contribution in [2.24, 2.45) is 5.73 Å². The number of thiazole rings is 1. The molecule has 2 rings (SSSR count). The Morgan fingerprint density at radius 2 is 2.16 bits per heavy atom. The maximum Gasteiger partial charge on any atom is 0.129 e. The standard InChI is InChI=1S/C13H17N5S/c1-8-4-10(13(14)15)5-12(17-8)18(3)6-11-9(2)16-7-19-11/h4-5,7H,6H2,1-3H3,(H3,14,15). The SMILES string of the molecule is Cc1cc(C(=N)N)cc(N(C)Cc2scnc2C)n1. The summed E-state index contributed by atoms with van der Waals surface area (Å²) in [4.78, 5) is 12.0. The number of aromatic nitrogens is 2. The van der Waals surface area contributed by atoms with Crippen LogP contribution in [0.15, 0.2) is 17.6 Å². The number of rotatable bonds is 4. The van der Waals surface area contributed by atoms with Gasteiger partial charge >= 0.3 is 0 Å². The predicted octanol–water partition coefficient (Wildman–Crippen LogP) is 2.08. The van der Waals surface area contributed by atoms with Crippen LogP contribution in [0.5, 0.6) is 0 Å². The zero-order valence-electron chi connectivity index (χ0n) is 11.3. The molecule has 0 saturated carbocycles. The number of nitrogen functional groups attached to an aromatic ring is 1. The topological polar surface area (TPSA) is 78.9 Å². The van der Waals surface area contributed by atoms with E-state index in [1.54, 1.807) is 11.3 Å². The van der Waals surface area contributed by atoms with E-state index in [-0.39, 0.29) is 5.84 Å². The van der Waals surface area contributed by atoms with Crippen LogP contribution in [0.1, 0.15) is 21.8 Å². The fraction of sp³-hybridized carbons (Fsp3) is 0.308. The minimum atomic E-state index is 0.0640. The molecule has 2 aromatic rings. The lowest BCUT2D eigenvalue weighted by Crippen LogP contribution is -2.20. The molecule has 0 radical (unpaired) electrons. The van der Waals surface area contributed by atoms with Gasteiger partial charge in [-0.05, 0) is 26.0 Å². The molecule has 0 fully saturated rings. The molecule has 0 unspecified atom stereocenters. The maximum absolute atomic E-state index is 7.52. The molecule has 0 aliphatic heterocycles. The number of amidine groups is 1. The van der Waals surface area contributed by atoms with Crippen molar-refractivity contribution in [3.8, 4) is 0 Å². The molecule has 5 nitrogen and oxygen atoms in total. The minimum absolute atomic E-state index is 0.0640. The monoisotopic (exact) mass is 275 g/mol. The molecule has 2 aromatic heterocycles. The van der Waals surface area contributed by atoms with Crippen molar-refractivity contribution in [1.82, 2.24) is 9.97 Å². The van der Waals surface area contributed by atoms with Crippen molar-refractivity contribution in [2.75, 3.05) is 11.9 Å². The van der Waals surface area contributed by atoms with E-state index in [0.717, 1.165) is 23.8 Å². The number of hydrogen-bond acceptors (Lipinski definition) is 5. The summed E-state index contributed by atoms with van der Waals surface area (Å²) >= 11 is 1.64. The first-order valence-corrected chi connectivity index (χ1v) is 6.78. The molecular weight excluding hydrogens is 258 g/mol. The van der Waals surface area contributed by atoms with Crippen LogP contribution in [-0.2, 0) is 6.54 Å². The highest BCUT2D eigenvalue weighted by Gasteiger charge is 2.10. The molecule has 0 aliphatic carbocycles. The van der Waals surface area contributed by atoms with Crippen molar-refractivity contribution in [3.05, 3.63) is 39.5 Å². The first kappa shape index (κ1) is 13.5. The zero-order chi connectivity index (χ0) is 14.0. The van der Waals surface area contributed by atoms with Gasteiger partial charge < -0.3 is 10.6 Å². The third-order valence-corrected chi connectivity index (χ3v) is 3.79. The highest BCUT2D eigenvalue weighted by molar-refractivity contribution is 7.09. The molecule has 19 heavy (non-hydrogen) atoms. The van der Waals surface area contributed by atoms with Crippen LogP contribution < -0.4 is 10.6 Å². The van der Waals surface area contributed by atoms with E-state index < -0.39 is 0 Å². The van der Waals surface area contributed by atoms with Gasteiger partial charge in [0.2, 0.25) is 0 Å². The summed E-state index contributed by atoms with van der Waals surface area (Å²) < 4.78 is 0. The van der Waals surface area contributed by atoms with Gasteiger partial charge in [0, 0.05) is 23.2 Å². The Labute approximate surface area is 116 Å². The lowest BCUT2D eigenvalue weighted by atomic mass is 10.2. The summed E-state index contributed by atoms with van der Waals surface area (Å²) in [6.07, 6.45) is 0. The van der Waals surface area contributed by atoms with Crippen LogP contribution >= 0.6 is 11.3 Å². The van der Waals surface area contributed by atoms with Crippen molar-refractivity contribution in [1.29, 1.82) is 5.41 Å². The van der Waals surface area contributed by atoms with E-state index in [9.17, 15) is 0 Å². The van der Waals surface area contributed by atoms with E-state index in [1.165, 1.54) is 4.88 Å². The molecule has 0 bridgehead atoms. The lowest BCUT2D eigenvalue weighted by molar-refractivity contribution is 0.895. The predicted molar refractivity (Wildman–Crippen MR) is 78.9 cm³/mol. The average molecular weight is 275 g/mol. The van der Waals surface area contributed by atoms with Gasteiger partial charge in [-0.25, -0.2) is 9.97 Å². The summed E-state index contributed by atoms with van der Waals surface area (Å²) in [5.74, 6) is 0.882. The van der Waals surface area contributed by atoms with E-state index in [4.69, 9.17) is 11.1 Å². The van der Waals surface area contributed by atoms with Crippen LogP contribution in [0, 0.1) is 19.3 Å². The Hall–Kier alpha value is -1.95. The zero-order valence-corrected chi connectivity index (χ0v) is 12.1. The number of nitrogens with zero attached hydrogens (tertiary/aromatic N) is 3. The van der Waals surface area contributed by atoms with Gasteiger partial charge in [0.05, 0.1) is 17.7 Å². The number of hydrogen-bond donors (Lipinski definition) is 2. The van der Waals surface area contributed by atoms with E-state index in [2.05, 4.69) is 9.97 Å². The van der Waals surface area contributed by atoms with Crippen LogP contribution in [0.3, 0.4) is 0 Å². The quantitative estimate of drug-likeness (QED) is 0.661. The van der Waals surface area contributed by atoms with Crippen LogP contribution in [0.4, 0.5) is 5.82 Å². The molecule has 6 heteroatoms. The van der Waals surface area contributed by atoms with Crippen LogP contribution in [0.2, 0.25) is 0 Å². The molecule has 0 atom stereocenters. The van der Waals surface area contributed by atoms with Gasteiger partial charge in [-0.15, -0.1) is 11.3 Å². The normalized spacial score (nSPS) is 10.5. The van der Waals surface area contributed by atoms with Gasteiger partial charge in [-0.1, -0.05) is 0 Å². The molecule has 3 N–H and O–H groups in total. The van der Waals surface area contributed by atoms with Crippen LogP contribution in [-0.4, -0.2) is 22.9 Å². The summed E-state index contributed by atoms with van der Waals surface area (Å²) in [5, 5.41) is 7.52. The third kappa shape index (κ3) is 3.08. The smallest absolute Gasteiger partial charge is 0.129 e. The first-order chi connectivity index (χ1) is 8.97.